The molecule has 2 N–H and O–H groups in total. The molecule has 4 rings (SSSR count). The Kier molecular flexibility index (Phi) is 13.3. The highest BCUT2D eigenvalue weighted by molar-refractivity contribution is 5.97. The van der Waals surface area contributed by atoms with E-state index >= 15 is 0 Å². The molecule has 1 amide bonds. The molecule has 1 aliphatic rings. The number of aryl methyl sites for hydroxylation is 4. The Morgan fingerprint density at radius 1 is 0.956 bits per heavy atom. The van der Waals surface area contributed by atoms with Gasteiger partial charge in [0.1, 0.15) is 18.1 Å². The van der Waals surface area contributed by atoms with E-state index in [0.717, 1.165) is 47.6 Å². The molecule has 3 aromatic rings. The van der Waals surface area contributed by atoms with Crippen molar-refractivity contribution in [1.29, 1.82) is 0 Å². The molecule has 45 heavy (non-hydrogen) atoms. The lowest BCUT2D eigenvalue weighted by atomic mass is 9.78. The van der Waals surface area contributed by atoms with Crippen LogP contribution >= 0.6 is 0 Å². The van der Waals surface area contributed by atoms with Gasteiger partial charge in [0.15, 0.2) is 0 Å². The van der Waals surface area contributed by atoms with Crippen LogP contribution in [0.5, 0.6) is 11.5 Å². The maximum atomic E-state index is 13.1. The van der Waals surface area contributed by atoms with Crippen molar-refractivity contribution in [3.63, 3.8) is 0 Å². The molecule has 0 spiro atoms. The third-order valence-electron chi connectivity index (χ3n) is 10.1. The number of hydrogen-bond acceptors (Lipinski definition) is 5. The monoisotopic (exact) mass is 614 g/mol. The number of aromatic nitrogens is 1. The lowest BCUT2D eigenvalue weighted by Crippen LogP contribution is -2.28. The number of nitrogens with one attached hydrogen (secondary N) is 1. The van der Waals surface area contributed by atoms with Gasteiger partial charge in [-0.15, -0.1) is 0 Å². The Hall–Kier alpha value is -3.38. The fraction of sp³-hybridized carbons (Fsp3) is 0.538. The number of pyridine rings is 1. The summed E-state index contributed by atoms with van der Waals surface area (Å²) >= 11 is 0. The number of hydrogen-bond donors (Lipinski definition) is 2. The van der Waals surface area contributed by atoms with Crippen molar-refractivity contribution in [2.75, 3.05) is 26.9 Å². The Bertz CT molecular complexity index is 1330. The van der Waals surface area contributed by atoms with Crippen molar-refractivity contribution in [2.24, 2.45) is 23.7 Å². The van der Waals surface area contributed by atoms with Crippen molar-refractivity contribution in [2.45, 2.75) is 85.5 Å². The van der Waals surface area contributed by atoms with E-state index in [9.17, 15) is 4.79 Å². The highest BCUT2D eigenvalue weighted by atomic mass is 16.5. The maximum absolute atomic E-state index is 13.1. The van der Waals surface area contributed by atoms with E-state index in [1.165, 1.54) is 55.2 Å². The average Bonchev–Trinajstić information content (AvgIpc) is 3.29. The first kappa shape index (κ1) is 34.5. The van der Waals surface area contributed by atoms with E-state index < -0.39 is 0 Å². The standard InChI is InChI=1S/C39H54N2O4/c1-27(18-20-41-39(43)38-29(3)23-37(24-30(38)4)45-22-21-42)32-7-6-8-33(14-13-32)34(25-35-26-40-19-17-28(35)2)12-9-31-10-15-36(44-5)16-11-31/h10-11,15-17,19,23-24,26-27,32-34,42H,6-9,12-14,18,20-22,25H2,1-5H3,(H,41,43)/t27-,32?,33?,34?/m1/s1. The molecule has 3 unspecified atom stereocenters. The molecule has 244 valence electrons. The molecule has 0 saturated heterocycles. The minimum atomic E-state index is -0.0313. The molecule has 0 radical (unpaired) electrons. The summed E-state index contributed by atoms with van der Waals surface area (Å²) < 4.78 is 10.9. The molecule has 1 saturated carbocycles. The Balaban J connectivity index is 1.32. The van der Waals surface area contributed by atoms with E-state index in [4.69, 9.17) is 14.6 Å². The molecule has 2 aromatic carbocycles. The fourth-order valence-electron chi connectivity index (χ4n) is 7.31. The minimum absolute atomic E-state index is 0.0164. The molecule has 1 heterocycles. The Labute approximate surface area is 271 Å². The van der Waals surface area contributed by atoms with Crippen LogP contribution in [0.15, 0.2) is 54.9 Å². The summed E-state index contributed by atoms with van der Waals surface area (Å²) in [6, 6.07) is 14.5. The summed E-state index contributed by atoms with van der Waals surface area (Å²) in [6.45, 7) is 9.38. The first-order valence-corrected chi connectivity index (χ1v) is 16.9. The molecule has 6 heteroatoms. The summed E-state index contributed by atoms with van der Waals surface area (Å²) in [5.41, 5.74) is 6.62. The summed E-state index contributed by atoms with van der Waals surface area (Å²) in [7, 11) is 1.72. The normalized spacial score (nSPS) is 18.1. The van der Waals surface area contributed by atoms with Gasteiger partial charge in [0.25, 0.3) is 5.91 Å². The summed E-state index contributed by atoms with van der Waals surface area (Å²) in [5, 5.41) is 12.2. The maximum Gasteiger partial charge on any atom is 0.251 e. The molecular weight excluding hydrogens is 560 g/mol. The van der Waals surface area contributed by atoms with Gasteiger partial charge in [-0.1, -0.05) is 38.3 Å². The molecule has 0 bridgehead atoms. The van der Waals surface area contributed by atoms with Gasteiger partial charge in [0.05, 0.1) is 13.7 Å². The van der Waals surface area contributed by atoms with Gasteiger partial charge in [-0.05, 0) is 141 Å². The highest BCUT2D eigenvalue weighted by Gasteiger charge is 2.28. The first-order valence-electron chi connectivity index (χ1n) is 16.9. The van der Waals surface area contributed by atoms with Crippen LogP contribution in [0, 0.1) is 44.4 Å². The van der Waals surface area contributed by atoms with E-state index in [0.29, 0.717) is 30.0 Å². The number of benzene rings is 2. The minimum Gasteiger partial charge on any atom is -0.497 e. The van der Waals surface area contributed by atoms with Crippen molar-refractivity contribution >= 4 is 5.91 Å². The molecular formula is C39H54N2O4. The number of carbonyl (C=O) groups excluding carboxylic acids is 1. The zero-order valence-corrected chi connectivity index (χ0v) is 28.1. The zero-order valence-electron chi connectivity index (χ0n) is 28.1. The van der Waals surface area contributed by atoms with Crippen LogP contribution in [0.2, 0.25) is 0 Å². The molecule has 1 fully saturated rings. The van der Waals surface area contributed by atoms with E-state index in [1.807, 2.05) is 32.2 Å². The fourth-order valence-corrected chi connectivity index (χ4v) is 7.31. The predicted molar refractivity (Wildman–Crippen MR) is 182 cm³/mol. The number of amides is 1. The highest BCUT2D eigenvalue weighted by Crippen LogP contribution is 2.39. The number of rotatable bonds is 15. The first-order chi connectivity index (χ1) is 21.8. The lowest BCUT2D eigenvalue weighted by Gasteiger charge is -2.28. The third kappa shape index (κ3) is 10.1. The molecule has 1 aromatic heterocycles. The van der Waals surface area contributed by atoms with Gasteiger partial charge < -0.3 is 19.9 Å². The second kappa shape index (κ2) is 17.4. The van der Waals surface area contributed by atoms with Gasteiger partial charge in [0.2, 0.25) is 0 Å². The van der Waals surface area contributed by atoms with Gasteiger partial charge >= 0.3 is 0 Å². The van der Waals surface area contributed by atoms with Crippen molar-refractivity contribution in [1.82, 2.24) is 10.3 Å². The topological polar surface area (TPSA) is 80.7 Å². The van der Waals surface area contributed by atoms with E-state index in [2.05, 4.69) is 60.7 Å². The van der Waals surface area contributed by atoms with Crippen LogP contribution in [0.4, 0.5) is 0 Å². The molecule has 1 aliphatic carbocycles. The SMILES string of the molecule is COc1ccc(CCC(Cc2cnccc2C)C2CCCC([C@H](C)CCNC(=O)c3c(C)cc(OCCO)cc3C)CC2)cc1. The second-order valence-corrected chi connectivity index (χ2v) is 13.2. The smallest absolute Gasteiger partial charge is 0.251 e. The van der Waals surface area contributed by atoms with Crippen LogP contribution in [0.1, 0.15) is 90.0 Å². The van der Waals surface area contributed by atoms with Gasteiger partial charge in [0, 0.05) is 24.5 Å². The average molecular weight is 615 g/mol. The van der Waals surface area contributed by atoms with E-state index in [-0.39, 0.29) is 19.1 Å². The summed E-state index contributed by atoms with van der Waals surface area (Å²) in [5.74, 6) is 4.20. The number of methoxy groups -OCH3 is 1. The molecule has 6 nitrogen and oxygen atoms in total. The largest absolute Gasteiger partial charge is 0.497 e. The van der Waals surface area contributed by atoms with Crippen LogP contribution in [0.3, 0.4) is 0 Å². The van der Waals surface area contributed by atoms with Crippen molar-refractivity contribution < 1.29 is 19.4 Å². The van der Waals surface area contributed by atoms with Crippen LogP contribution < -0.4 is 14.8 Å². The van der Waals surface area contributed by atoms with Crippen LogP contribution in [-0.4, -0.2) is 42.9 Å². The number of carbonyl (C=O) groups is 1. The number of nitrogens with zero attached hydrogens (tertiary/aromatic N) is 1. The number of aliphatic hydroxyl groups excluding tert-OH is 1. The van der Waals surface area contributed by atoms with Gasteiger partial charge in [-0.25, -0.2) is 0 Å². The van der Waals surface area contributed by atoms with Crippen LogP contribution in [0.25, 0.3) is 0 Å². The van der Waals surface area contributed by atoms with Crippen molar-refractivity contribution in [3.05, 3.63) is 88.2 Å². The quantitative estimate of drug-likeness (QED) is 0.171. The lowest BCUT2D eigenvalue weighted by molar-refractivity contribution is 0.0948. The third-order valence-corrected chi connectivity index (χ3v) is 10.1. The number of ether oxygens (including phenoxy) is 2. The van der Waals surface area contributed by atoms with Gasteiger partial charge in [-0.3, -0.25) is 9.78 Å². The van der Waals surface area contributed by atoms with Crippen molar-refractivity contribution in [3.8, 4) is 11.5 Å². The van der Waals surface area contributed by atoms with E-state index in [1.54, 1.807) is 7.11 Å². The summed E-state index contributed by atoms with van der Waals surface area (Å²) in [4.78, 5) is 17.6. The number of aliphatic hydroxyl groups is 1. The Morgan fingerprint density at radius 3 is 2.36 bits per heavy atom. The Morgan fingerprint density at radius 2 is 1.67 bits per heavy atom. The molecule has 4 atom stereocenters. The summed E-state index contributed by atoms with van der Waals surface area (Å²) in [6.07, 6.45) is 14.7. The predicted octanol–water partition coefficient (Wildman–Crippen LogP) is 7.83. The second-order valence-electron chi connectivity index (χ2n) is 13.2. The van der Waals surface area contributed by atoms with Crippen LogP contribution in [-0.2, 0) is 12.8 Å². The zero-order chi connectivity index (χ0) is 32.2. The molecule has 0 aliphatic heterocycles. The van der Waals surface area contributed by atoms with Gasteiger partial charge in [-0.2, -0.15) is 0 Å².